The summed E-state index contributed by atoms with van der Waals surface area (Å²) in [5, 5.41) is 6.95. The Morgan fingerprint density at radius 3 is 2.91 bits per heavy atom. The Morgan fingerprint density at radius 2 is 2.17 bits per heavy atom. The van der Waals surface area contributed by atoms with E-state index in [0.717, 1.165) is 31.2 Å². The molecule has 0 radical (unpaired) electrons. The number of aromatic nitrogens is 2. The van der Waals surface area contributed by atoms with Gasteiger partial charge in [-0.15, -0.1) is 0 Å². The number of likely N-dealkylation sites (tertiary alicyclic amines) is 1. The Kier molecular flexibility index (Phi) is 4.60. The molecule has 1 aliphatic rings. The van der Waals surface area contributed by atoms with Gasteiger partial charge in [0.05, 0.1) is 12.2 Å². The van der Waals surface area contributed by atoms with E-state index in [0.29, 0.717) is 12.4 Å². The van der Waals surface area contributed by atoms with Crippen molar-refractivity contribution < 1.29 is 9.18 Å². The molecular weight excluding hydrogens is 295 g/mol. The van der Waals surface area contributed by atoms with Crippen LogP contribution < -0.4 is 5.32 Å². The zero-order chi connectivity index (χ0) is 16.2. The van der Waals surface area contributed by atoms with Gasteiger partial charge in [-0.1, -0.05) is 25.0 Å². The second-order valence-electron chi connectivity index (χ2n) is 5.88. The normalized spacial score (nSPS) is 18.5. The van der Waals surface area contributed by atoms with Gasteiger partial charge in [0.15, 0.2) is 0 Å². The first kappa shape index (κ1) is 15.5. The summed E-state index contributed by atoms with van der Waals surface area (Å²) < 4.78 is 15.2. The molecule has 5 nitrogen and oxygen atoms in total. The number of aryl methyl sites for hydroxylation is 1. The van der Waals surface area contributed by atoms with Crippen molar-refractivity contribution >= 4 is 11.8 Å². The summed E-state index contributed by atoms with van der Waals surface area (Å²) in [5.74, 6) is 0.385. The van der Waals surface area contributed by atoms with Gasteiger partial charge < -0.3 is 4.90 Å². The van der Waals surface area contributed by atoms with Crippen LogP contribution in [0.25, 0.3) is 0 Å². The Bertz CT molecular complexity index is 685. The monoisotopic (exact) mass is 316 g/mol. The number of amides is 2. The predicted octanol–water partition coefficient (Wildman–Crippen LogP) is 3.71. The molecule has 122 valence electrons. The van der Waals surface area contributed by atoms with Crippen molar-refractivity contribution in [1.29, 1.82) is 0 Å². The largest absolute Gasteiger partial charge is 0.323 e. The minimum Gasteiger partial charge on any atom is -0.317 e. The molecule has 3 rings (SSSR count). The highest BCUT2D eigenvalue weighted by Gasteiger charge is 2.27. The molecule has 1 N–H and O–H groups in total. The highest BCUT2D eigenvalue weighted by atomic mass is 19.1. The number of hydrogen-bond acceptors (Lipinski definition) is 2. The van der Waals surface area contributed by atoms with Gasteiger partial charge in [0.2, 0.25) is 0 Å². The summed E-state index contributed by atoms with van der Waals surface area (Å²) >= 11 is 0. The first-order chi connectivity index (χ1) is 11.1. The number of hydrogen-bond donors (Lipinski definition) is 1. The molecule has 0 spiro atoms. The number of rotatable bonds is 2. The highest BCUT2D eigenvalue weighted by Crippen LogP contribution is 2.31. The number of nitrogens with zero attached hydrogens (tertiary/aromatic N) is 3. The number of nitrogens with one attached hydrogen (secondary N) is 1. The fraction of sp³-hybridized carbons (Fsp3) is 0.412. The quantitative estimate of drug-likeness (QED) is 0.918. The van der Waals surface area contributed by atoms with E-state index in [-0.39, 0.29) is 17.9 Å². The molecule has 2 amide bonds. The zero-order valence-electron chi connectivity index (χ0n) is 13.2. The summed E-state index contributed by atoms with van der Waals surface area (Å²) in [6, 6.07) is 8.05. The molecule has 1 fully saturated rings. The SMILES string of the molecule is Cn1nccc1NC(=O)N1CCCCCC1c1cccc(F)c1. The molecular formula is C17H21FN4O. The average Bonchev–Trinajstić information content (AvgIpc) is 2.80. The van der Waals surface area contributed by atoms with Crippen LogP contribution in [0.5, 0.6) is 0 Å². The molecule has 1 aromatic heterocycles. The van der Waals surface area contributed by atoms with Gasteiger partial charge in [0.1, 0.15) is 11.6 Å². The van der Waals surface area contributed by atoms with Gasteiger partial charge in [-0.25, -0.2) is 9.18 Å². The van der Waals surface area contributed by atoms with Gasteiger partial charge in [-0.05, 0) is 30.5 Å². The third-order valence-electron chi connectivity index (χ3n) is 4.30. The Morgan fingerprint density at radius 1 is 1.30 bits per heavy atom. The van der Waals surface area contributed by atoms with E-state index in [1.807, 2.05) is 11.0 Å². The fourth-order valence-electron chi connectivity index (χ4n) is 3.09. The van der Waals surface area contributed by atoms with Crippen LogP contribution in [0, 0.1) is 5.82 Å². The lowest BCUT2D eigenvalue weighted by Crippen LogP contribution is -2.38. The molecule has 1 atom stereocenters. The molecule has 6 heteroatoms. The molecule has 2 heterocycles. The van der Waals surface area contributed by atoms with E-state index in [1.54, 1.807) is 30.1 Å². The Labute approximate surface area is 135 Å². The fourth-order valence-corrected chi connectivity index (χ4v) is 3.09. The maximum absolute atomic E-state index is 13.6. The molecule has 0 bridgehead atoms. The number of halogens is 1. The van der Waals surface area contributed by atoms with E-state index in [9.17, 15) is 9.18 Å². The second kappa shape index (κ2) is 6.81. The van der Waals surface area contributed by atoms with Gasteiger partial charge >= 0.3 is 6.03 Å². The molecule has 1 saturated heterocycles. The number of carbonyl (C=O) groups excluding carboxylic acids is 1. The minimum atomic E-state index is -0.265. The minimum absolute atomic E-state index is 0.0959. The molecule has 1 aliphatic heterocycles. The Balaban J connectivity index is 1.83. The maximum Gasteiger partial charge on any atom is 0.323 e. The van der Waals surface area contributed by atoms with Crippen molar-refractivity contribution in [2.24, 2.45) is 7.05 Å². The van der Waals surface area contributed by atoms with Crippen molar-refractivity contribution in [3.63, 3.8) is 0 Å². The molecule has 1 aromatic carbocycles. The standard InChI is InChI=1S/C17H21FN4O/c1-21-16(9-10-19-21)20-17(23)22-11-4-2-3-8-15(22)13-6-5-7-14(18)12-13/h5-7,9-10,12,15H,2-4,8,11H2,1H3,(H,20,23). The summed E-state index contributed by atoms with van der Waals surface area (Å²) in [6.45, 7) is 0.671. The van der Waals surface area contributed by atoms with Gasteiger partial charge in [-0.3, -0.25) is 10.00 Å². The number of benzene rings is 1. The maximum atomic E-state index is 13.6. The second-order valence-corrected chi connectivity index (χ2v) is 5.88. The van der Waals surface area contributed by atoms with Crippen molar-refractivity contribution in [3.05, 3.63) is 47.9 Å². The summed E-state index contributed by atoms with van der Waals surface area (Å²) in [7, 11) is 1.78. The molecule has 0 saturated carbocycles. The lowest BCUT2D eigenvalue weighted by Gasteiger charge is -2.30. The van der Waals surface area contributed by atoms with Crippen LogP contribution in [0.15, 0.2) is 36.5 Å². The topological polar surface area (TPSA) is 50.2 Å². The first-order valence-electron chi connectivity index (χ1n) is 7.96. The average molecular weight is 316 g/mol. The van der Waals surface area contributed by atoms with Crippen LogP contribution in [-0.2, 0) is 7.05 Å². The van der Waals surface area contributed by atoms with E-state index < -0.39 is 0 Å². The summed E-state index contributed by atoms with van der Waals surface area (Å²) in [5.41, 5.74) is 0.854. The summed E-state index contributed by atoms with van der Waals surface area (Å²) in [4.78, 5) is 14.5. The lowest BCUT2D eigenvalue weighted by molar-refractivity contribution is 0.189. The van der Waals surface area contributed by atoms with Crippen LogP contribution in [0.4, 0.5) is 15.0 Å². The van der Waals surface area contributed by atoms with Crippen LogP contribution >= 0.6 is 0 Å². The summed E-state index contributed by atoms with van der Waals surface area (Å²) in [6.07, 6.45) is 5.58. The van der Waals surface area contributed by atoms with Crippen molar-refractivity contribution in [2.75, 3.05) is 11.9 Å². The molecule has 23 heavy (non-hydrogen) atoms. The van der Waals surface area contributed by atoms with Crippen LogP contribution in [0.3, 0.4) is 0 Å². The van der Waals surface area contributed by atoms with Crippen LogP contribution in [0.2, 0.25) is 0 Å². The number of anilines is 1. The third kappa shape index (κ3) is 3.52. The predicted molar refractivity (Wildman–Crippen MR) is 86.5 cm³/mol. The van der Waals surface area contributed by atoms with E-state index >= 15 is 0 Å². The van der Waals surface area contributed by atoms with Crippen molar-refractivity contribution in [2.45, 2.75) is 31.7 Å². The van der Waals surface area contributed by atoms with Gasteiger partial charge in [-0.2, -0.15) is 5.10 Å². The third-order valence-corrected chi connectivity index (χ3v) is 4.30. The number of urea groups is 1. The smallest absolute Gasteiger partial charge is 0.317 e. The highest BCUT2D eigenvalue weighted by molar-refractivity contribution is 5.88. The van der Waals surface area contributed by atoms with E-state index in [1.165, 1.54) is 12.1 Å². The zero-order valence-corrected chi connectivity index (χ0v) is 13.2. The van der Waals surface area contributed by atoms with E-state index in [2.05, 4.69) is 10.4 Å². The van der Waals surface area contributed by atoms with Crippen molar-refractivity contribution in [1.82, 2.24) is 14.7 Å². The van der Waals surface area contributed by atoms with Crippen molar-refractivity contribution in [3.8, 4) is 0 Å². The van der Waals surface area contributed by atoms with Gasteiger partial charge in [0.25, 0.3) is 0 Å². The molecule has 1 unspecified atom stereocenters. The Hall–Kier alpha value is -2.37. The van der Waals surface area contributed by atoms with Crippen LogP contribution in [0.1, 0.15) is 37.3 Å². The van der Waals surface area contributed by atoms with Crippen LogP contribution in [-0.4, -0.2) is 27.3 Å². The molecule has 2 aromatic rings. The van der Waals surface area contributed by atoms with E-state index in [4.69, 9.17) is 0 Å². The lowest BCUT2D eigenvalue weighted by atomic mass is 10.0. The molecule has 0 aliphatic carbocycles. The first-order valence-corrected chi connectivity index (χ1v) is 7.96. The number of carbonyl (C=O) groups is 1. The van der Waals surface area contributed by atoms with Gasteiger partial charge in [0, 0.05) is 19.7 Å².